The van der Waals surface area contributed by atoms with Crippen LogP contribution in [0, 0.1) is 0 Å². The molecule has 0 N–H and O–H groups in total. The second kappa shape index (κ2) is 5.40. The molecule has 0 spiro atoms. The predicted molar refractivity (Wildman–Crippen MR) is 81.4 cm³/mol. The van der Waals surface area contributed by atoms with Crippen LogP contribution < -0.4 is 0 Å². The first-order valence-electron chi connectivity index (χ1n) is 7.05. The largest absolute Gasteiger partial charge is 0.280 e. The average molecular weight is 249 g/mol. The van der Waals surface area contributed by atoms with E-state index in [1.54, 1.807) is 5.57 Å². The molecule has 0 amide bonds. The Morgan fingerprint density at radius 3 is 2.63 bits per heavy atom. The van der Waals surface area contributed by atoms with Gasteiger partial charge in [0.1, 0.15) is 0 Å². The number of benzene rings is 1. The summed E-state index contributed by atoms with van der Waals surface area (Å²) in [6.07, 6.45) is 12.4. The van der Waals surface area contributed by atoms with Crippen LogP contribution in [0.25, 0.3) is 0 Å². The summed E-state index contributed by atoms with van der Waals surface area (Å²) >= 11 is 0. The molecular formula is C18H19N. The van der Waals surface area contributed by atoms with E-state index in [1.807, 2.05) is 12.3 Å². The van der Waals surface area contributed by atoms with Gasteiger partial charge in [-0.15, -0.1) is 0 Å². The molecule has 1 aromatic carbocycles. The minimum atomic E-state index is 0.202. The number of allylic oxidation sites excluding steroid dienone is 5. The van der Waals surface area contributed by atoms with Gasteiger partial charge in [-0.25, -0.2) is 0 Å². The Hall–Kier alpha value is -1.89. The standard InChI is InChI=1S/C18H19N/c1-2-14-8-10-15(11-9-14)17-12-18(19-13-17)16-6-4-3-5-7-16/h3-8,10,12-13,18H,2,9,11H2,1H3. The summed E-state index contributed by atoms with van der Waals surface area (Å²) < 4.78 is 0. The smallest absolute Gasteiger partial charge is 0.0939 e. The lowest BCUT2D eigenvalue weighted by Crippen LogP contribution is -1.96. The van der Waals surface area contributed by atoms with Crippen molar-refractivity contribution in [3.8, 4) is 0 Å². The molecule has 1 unspecified atom stereocenters. The summed E-state index contributed by atoms with van der Waals surface area (Å²) in [5.41, 5.74) is 5.56. The highest BCUT2D eigenvalue weighted by atomic mass is 14.8. The second-order valence-electron chi connectivity index (χ2n) is 5.13. The lowest BCUT2D eigenvalue weighted by atomic mass is 9.92. The first kappa shape index (κ1) is 12.2. The summed E-state index contributed by atoms with van der Waals surface area (Å²) in [7, 11) is 0. The molecule has 0 saturated heterocycles. The molecule has 1 heteroatoms. The van der Waals surface area contributed by atoms with Crippen molar-refractivity contribution in [1.82, 2.24) is 0 Å². The Kier molecular flexibility index (Phi) is 3.45. The Morgan fingerprint density at radius 2 is 1.95 bits per heavy atom. The molecule has 0 saturated carbocycles. The van der Waals surface area contributed by atoms with Crippen LogP contribution in [-0.2, 0) is 0 Å². The lowest BCUT2D eigenvalue weighted by Gasteiger charge is -2.13. The molecule has 1 atom stereocenters. The summed E-state index contributed by atoms with van der Waals surface area (Å²) in [5.74, 6) is 0. The van der Waals surface area contributed by atoms with Crippen molar-refractivity contribution >= 4 is 6.21 Å². The van der Waals surface area contributed by atoms with E-state index in [0.29, 0.717) is 0 Å². The fraction of sp³-hybridized carbons (Fsp3) is 0.278. The van der Waals surface area contributed by atoms with Gasteiger partial charge in [0, 0.05) is 6.21 Å². The number of rotatable bonds is 3. The average Bonchev–Trinajstić information content (AvgIpc) is 2.98. The molecule has 2 aliphatic rings. The third-order valence-corrected chi connectivity index (χ3v) is 3.91. The fourth-order valence-electron chi connectivity index (χ4n) is 2.65. The first-order valence-corrected chi connectivity index (χ1v) is 7.05. The molecule has 1 heterocycles. The molecule has 0 bridgehead atoms. The van der Waals surface area contributed by atoms with Gasteiger partial charge in [0.05, 0.1) is 6.04 Å². The summed E-state index contributed by atoms with van der Waals surface area (Å²) in [6, 6.07) is 10.7. The van der Waals surface area contributed by atoms with Crippen LogP contribution in [0.1, 0.15) is 37.8 Å². The van der Waals surface area contributed by atoms with E-state index in [2.05, 4.69) is 54.4 Å². The zero-order valence-electron chi connectivity index (χ0n) is 11.3. The van der Waals surface area contributed by atoms with E-state index in [-0.39, 0.29) is 6.04 Å². The van der Waals surface area contributed by atoms with Crippen LogP contribution in [0.4, 0.5) is 0 Å². The highest BCUT2D eigenvalue weighted by Gasteiger charge is 2.16. The van der Waals surface area contributed by atoms with E-state index < -0.39 is 0 Å². The van der Waals surface area contributed by atoms with Crippen molar-refractivity contribution in [2.24, 2.45) is 4.99 Å². The predicted octanol–water partition coefficient (Wildman–Crippen LogP) is 4.80. The first-order chi connectivity index (χ1) is 9.36. The van der Waals surface area contributed by atoms with Crippen LogP contribution in [0.2, 0.25) is 0 Å². The number of hydrogen-bond donors (Lipinski definition) is 0. The highest BCUT2D eigenvalue weighted by Crippen LogP contribution is 2.31. The van der Waals surface area contributed by atoms with Crippen LogP contribution in [0.15, 0.2) is 70.3 Å². The molecule has 3 rings (SSSR count). The lowest BCUT2D eigenvalue weighted by molar-refractivity contribution is 0.867. The van der Waals surface area contributed by atoms with E-state index in [1.165, 1.54) is 29.6 Å². The molecule has 0 fully saturated rings. The summed E-state index contributed by atoms with van der Waals surface area (Å²) in [5, 5.41) is 0. The van der Waals surface area contributed by atoms with Gasteiger partial charge >= 0.3 is 0 Å². The summed E-state index contributed by atoms with van der Waals surface area (Å²) in [4.78, 5) is 4.62. The quantitative estimate of drug-likeness (QED) is 0.730. The van der Waals surface area contributed by atoms with Gasteiger partial charge in [-0.1, -0.05) is 55.0 Å². The minimum absolute atomic E-state index is 0.202. The van der Waals surface area contributed by atoms with Gasteiger partial charge in [-0.2, -0.15) is 0 Å². The van der Waals surface area contributed by atoms with Crippen molar-refractivity contribution in [1.29, 1.82) is 0 Å². The molecule has 19 heavy (non-hydrogen) atoms. The fourth-order valence-corrected chi connectivity index (χ4v) is 2.65. The molecule has 1 nitrogen and oxygen atoms in total. The highest BCUT2D eigenvalue weighted by molar-refractivity contribution is 5.87. The van der Waals surface area contributed by atoms with E-state index in [9.17, 15) is 0 Å². The third kappa shape index (κ3) is 2.60. The SMILES string of the molecule is CCC1=CC=C(C2=CC(c3ccccc3)N=C2)CC1. The van der Waals surface area contributed by atoms with Gasteiger partial charge in [0.15, 0.2) is 0 Å². The van der Waals surface area contributed by atoms with Gasteiger partial charge < -0.3 is 0 Å². The molecular weight excluding hydrogens is 230 g/mol. The van der Waals surface area contributed by atoms with Crippen LogP contribution in [-0.4, -0.2) is 6.21 Å². The van der Waals surface area contributed by atoms with Gasteiger partial charge in [0.25, 0.3) is 0 Å². The monoisotopic (exact) mass is 249 g/mol. The number of aliphatic imine (C=N–C) groups is 1. The van der Waals surface area contributed by atoms with Crippen molar-refractivity contribution in [3.63, 3.8) is 0 Å². The number of hydrogen-bond acceptors (Lipinski definition) is 1. The van der Waals surface area contributed by atoms with E-state index in [4.69, 9.17) is 0 Å². The zero-order valence-corrected chi connectivity index (χ0v) is 11.3. The maximum Gasteiger partial charge on any atom is 0.0939 e. The van der Waals surface area contributed by atoms with Gasteiger partial charge in [0.2, 0.25) is 0 Å². The molecule has 96 valence electrons. The molecule has 0 radical (unpaired) electrons. The van der Waals surface area contributed by atoms with Crippen LogP contribution in [0.5, 0.6) is 0 Å². The van der Waals surface area contributed by atoms with E-state index in [0.717, 1.165) is 6.42 Å². The Labute approximate surface area is 115 Å². The Balaban J connectivity index is 1.80. The zero-order chi connectivity index (χ0) is 13.1. The minimum Gasteiger partial charge on any atom is -0.280 e. The Morgan fingerprint density at radius 1 is 1.11 bits per heavy atom. The summed E-state index contributed by atoms with van der Waals surface area (Å²) in [6.45, 7) is 2.23. The van der Waals surface area contributed by atoms with E-state index >= 15 is 0 Å². The van der Waals surface area contributed by atoms with Gasteiger partial charge in [-0.3, -0.25) is 4.99 Å². The Bertz CT molecular complexity index is 573. The maximum atomic E-state index is 4.62. The maximum absolute atomic E-state index is 4.62. The van der Waals surface area contributed by atoms with Crippen molar-refractivity contribution < 1.29 is 0 Å². The van der Waals surface area contributed by atoms with Crippen molar-refractivity contribution in [2.75, 3.05) is 0 Å². The number of nitrogens with zero attached hydrogens (tertiary/aromatic N) is 1. The molecule has 1 aliphatic carbocycles. The topological polar surface area (TPSA) is 12.4 Å². The van der Waals surface area contributed by atoms with Crippen molar-refractivity contribution in [2.45, 2.75) is 32.2 Å². The molecule has 1 aliphatic heterocycles. The normalized spacial score (nSPS) is 21.9. The molecule has 0 aromatic heterocycles. The molecule has 1 aromatic rings. The third-order valence-electron chi connectivity index (χ3n) is 3.91. The van der Waals surface area contributed by atoms with Gasteiger partial charge in [-0.05, 0) is 42.0 Å². The second-order valence-corrected chi connectivity index (χ2v) is 5.13. The van der Waals surface area contributed by atoms with Crippen molar-refractivity contribution in [3.05, 3.63) is 70.8 Å². The van der Waals surface area contributed by atoms with Crippen LogP contribution >= 0.6 is 0 Å². The van der Waals surface area contributed by atoms with Crippen LogP contribution in [0.3, 0.4) is 0 Å².